The van der Waals surface area contributed by atoms with Crippen molar-refractivity contribution in [3.63, 3.8) is 0 Å². The first kappa shape index (κ1) is 8.34. The largest absolute Gasteiger partial charge is 0.474 e. The fourth-order valence-corrected chi connectivity index (χ4v) is 0.412. The van der Waals surface area contributed by atoms with Gasteiger partial charge in [0, 0.05) is 0 Å². The Balaban J connectivity index is 3.75. The van der Waals surface area contributed by atoms with Crippen LogP contribution in [0, 0.1) is 0 Å². The lowest BCUT2D eigenvalue weighted by molar-refractivity contribution is 0.0503. The van der Waals surface area contributed by atoms with Crippen LogP contribution in [0.5, 0.6) is 0 Å². The molecule has 0 saturated heterocycles. The first-order chi connectivity index (χ1) is 3.95. The van der Waals surface area contributed by atoms with Crippen molar-refractivity contribution in [3.8, 4) is 0 Å². The van der Waals surface area contributed by atoms with Gasteiger partial charge in [-0.15, -0.1) is 0 Å². The average molecular weight is 129 g/mol. The summed E-state index contributed by atoms with van der Waals surface area (Å²) < 4.78 is 5.23. The van der Waals surface area contributed by atoms with Gasteiger partial charge in [-0.05, 0) is 33.8 Å². The smallest absolute Gasteiger partial charge is 0.180 e. The monoisotopic (exact) mass is 129 g/mol. The summed E-state index contributed by atoms with van der Waals surface area (Å²) in [4.78, 5) is 0. The predicted octanol–water partition coefficient (Wildman–Crippen LogP) is 1.62. The van der Waals surface area contributed by atoms with Gasteiger partial charge in [0.05, 0.1) is 0 Å². The second-order valence-electron chi connectivity index (χ2n) is 2.91. The Morgan fingerprint density at radius 1 is 1.44 bits per heavy atom. The van der Waals surface area contributed by atoms with E-state index in [9.17, 15) is 0 Å². The van der Waals surface area contributed by atoms with E-state index in [1.54, 1.807) is 6.08 Å². The van der Waals surface area contributed by atoms with E-state index in [0.29, 0.717) is 5.88 Å². The highest BCUT2D eigenvalue weighted by Gasteiger charge is 2.10. The minimum absolute atomic E-state index is 0.170. The van der Waals surface area contributed by atoms with Crippen LogP contribution in [0.15, 0.2) is 12.0 Å². The molecule has 0 rings (SSSR count). The summed E-state index contributed by atoms with van der Waals surface area (Å²) in [6.07, 6.45) is 1.74. The van der Waals surface area contributed by atoms with Crippen LogP contribution in [-0.4, -0.2) is 5.60 Å². The van der Waals surface area contributed by atoms with Gasteiger partial charge < -0.3 is 10.5 Å². The van der Waals surface area contributed by atoms with Crippen LogP contribution in [0.4, 0.5) is 0 Å². The molecule has 9 heavy (non-hydrogen) atoms. The molecule has 2 heteroatoms. The van der Waals surface area contributed by atoms with Crippen molar-refractivity contribution in [3.05, 3.63) is 12.0 Å². The Bertz CT molecular complexity index is 111. The molecule has 0 aliphatic rings. The number of ether oxygens (including phenoxy) is 1. The third kappa shape index (κ3) is 5.21. The molecule has 2 nitrogen and oxygen atoms in total. The zero-order chi connectivity index (χ0) is 7.49. The quantitative estimate of drug-likeness (QED) is 0.546. The van der Waals surface area contributed by atoms with Crippen LogP contribution in [-0.2, 0) is 4.74 Å². The van der Waals surface area contributed by atoms with E-state index in [4.69, 9.17) is 10.5 Å². The number of allylic oxidation sites excluding steroid dienone is 1. The van der Waals surface area contributed by atoms with Crippen molar-refractivity contribution in [2.45, 2.75) is 33.3 Å². The van der Waals surface area contributed by atoms with Crippen molar-refractivity contribution < 1.29 is 4.74 Å². The molecule has 0 aliphatic carbocycles. The molecule has 0 radical (unpaired) electrons. The van der Waals surface area contributed by atoms with Gasteiger partial charge in [0.25, 0.3) is 0 Å². The summed E-state index contributed by atoms with van der Waals surface area (Å²) in [7, 11) is 0. The first-order valence-corrected chi connectivity index (χ1v) is 3.06. The molecule has 0 fully saturated rings. The van der Waals surface area contributed by atoms with E-state index in [0.717, 1.165) is 0 Å². The van der Waals surface area contributed by atoms with Crippen LogP contribution in [0.1, 0.15) is 27.7 Å². The Kier molecular flexibility index (Phi) is 2.56. The summed E-state index contributed by atoms with van der Waals surface area (Å²) >= 11 is 0. The van der Waals surface area contributed by atoms with Crippen LogP contribution in [0.2, 0.25) is 0 Å². The second kappa shape index (κ2) is 2.76. The summed E-state index contributed by atoms with van der Waals surface area (Å²) in [6, 6.07) is 0. The molecule has 0 amide bonds. The SMILES string of the molecule is CC=C(N)OC(C)(C)C. The van der Waals surface area contributed by atoms with E-state index < -0.39 is 0 Å². The average Bonchev–Trinajstić information content (AvgIpc) is 1.62. The van der Waals surface area contributed by atoms with Crippen molar-refractivity contribution in [1.82, 2.24) is 0 Å². The van der Waals surface area contributed by atoms with Crippen LogP contribution in [0.3, 0.4) is 0 Å². The van der Waals surface area contributed by atoms with E-state index in [1.165, 1.54) is 0 Å². The number of rotatable bonds is 1. The molecular formula is C7H15NO. The van der Waals surface area contributed by atoms with Crippen LogP contribution in [0.25, 0.3) is 0 Å². The highest BCUT2D eigenvalue weighted by atomic mass is 16.5. The lowest BCUT2D eigenvalue weighted by atomic mass is 10.2. The fourth-order valence-electron chi connectivity index (χ4n) is 0.412. The second-order valence-corrected chi connectivity index (χ2v) is 2.91. The third-order valence-corrected chi connectivity index (χ3v) is 0.709. The van der Waals surface area contributed by atoms with Gasteiger partial charge in [0.15, 0.2) is 5.88 Å². The van der Waals surface area contributed by atoms with Crippen molar-refractivity contribution in [2.75, 3.05) is 0 Å². The zero-order valence-corrected chi connectivity index (χ0v) is 6.56. The molecule has 0 saturated carbocycles. The third-order valence-electron chi connectivity index (χ3n) is 0.709. The van der Waals surface area contributed by atoms with Gasteiger partial charge in [-0.3, -0.25) is 0 Å². The Morgan fingerprint density at radius 3 is 2.00 bits per heavy atom. The number of nitrogens with two attached hydrogens (primary N) is 1. The van der Waals surface area contributed by atoms with Crippen LogP contribution < -0.4 is 5.73 Å². The molecular weight excluding hydrogens is 114 g/mol. The van der Waals surface area contributed by atoms with Crippen molar-refractivity contribution >= 4 is 0 Å². The summed E-state index contributed by atoms with van der Waals surface area (Å²) in [6.45, 7) is 7.73. The van der Waals surface area contributed by atoms with Gasteiger partial charge in [-0.1, -0.05) is 0 Å². The summed E-state index contributed by atoms with van der Waals surface area (Å²) in [5, 5.41) is 0. The molecule has 2 N–H and O–H groups in total. The Labute approximate surface area is 56.7 Å². The van der Waals surface area contributed by atoms with Gasteiger partial charge in [-0.25, -0.2) is 0 Å². The minimum atomic E-state index is -0.170. The Morgan fingerprint density at radius 2 is 1.89 bits per heavy atom. The standard InChI is InChI=1S/C7H15NO/c1-5-6(8)9-7(2,3)4/h5H,8H2,1-4H3. The summed E-state index contributed by atoms with van der Waals surface area (Å²) in [5.74, 6) is 0.488. The molecule has 0 aromatic carbocycles. The van der Waals surface area contributed by atoms with E-state index in [-0.39, 0.29) is 5.60 Å². The molecule has 0 aliphatic heterocycles. The fraction of sp³-hybridized carbons (Fsp3) is 0.714. The van der Waals surface area contributed by atoms with Crippen molar-refractivity contribution in [1.29, 1.82) is 0 Å². The predicted molar refractivity (Wildman–Crippen MR) is 38.8 cm³/mol. The van der Waals surface area contributed by atoms with E-state index in [2.05, 4.69) is 0 Å². The minimum Gasteiger partial charge on any atom is -0.474 e. The highest BCUT2D eigenvalue weighted by molar-refractivity contribution is 4.85. The van der Waals surface area contributed by atoms with Crippen molar-refractivity contribution in [2.24, 2.45) is 5.73 Å². The van der Waals surface area contributed by atoms with Crippen LogP contribution >= 0.6 is 0 Å². The molecule has 0 aromatic rings. The first-order valence-electron chi connectivity index (χ1n) is 3.06. The molecule has 0 unspecified atom stereocenters. The molecule has 54 valence electrons. The number of hydrogen-bond acceptors (Lipinski definition) is 2. The Hall–Kier alpha value is -0.660. The highest BCUT2D eigenvalue weighted by Crippen LogP contribution is 2.09. The van der Waals surface area contributed by atoms with Gasteiger partial charge in [-0.2, -0.15) is 0 Å². The number of hydrogen-bond donors (Lipinski definition) is 1. The topological polar surface area (TPSA) is 35.2 Å². The van der Waals surface area contributed by atoms with Gasteiger partial charge in [0.2, 0.25) is 0 Å². The molecule has 0 atom stereocenters. The maximum Gasteiger partial charge on any atom is 0.180 e. The van der Waals surface area contributed by atoms with E-state index in [1.807, 2.05) is 27.7 Å². The van der Waals surface area contributed by atoms with Gasteiger partial charge >= 0.3 is 0 Å². The maximum atomic E-state index is 5.40. The summed E-state index contributed by atoms with van der Waals surface area (Å²) in [5.41, 5.74) is 5.23. The van der Waals surface area contributed by atoms with E-state index >= 15 is 0 Å². The normalized spacial score (nSPS) is 13.6. The zero-order valence-electron chi connectivity index (χ0n) is 6.56. The maximum absolute atomic E-state index is 5.40. The molecule has 0 aromatic heterocycles. The molecule has 0 bridgehead atoms. The molecule has 0 spiro atoms. The molecule has 0 heterocycles. The lowest BCUT2D eigenvalue weighted by Crippen LogP contribution is -2.21. The lowest BCUT2D eigenvalue weighted by Gasteiger charge is -2.20. The van der Waals surface area contributed by atoms with Gasteiger partial charge in [0.1, 0.15) is 5.60 Å².